The molecule has 1 heterocycles. The molecule has 0 amide bonds. The molecule has 0 N–H and O–H groups in total. The Hall–Kier alpha value is -1.10. The van der Waals surface area contributed by atoms with Crippen LogP contribution in [0.25, 0.3) is 0 Å². The lowest BCUT2D eigenvalue weighted by molar-refractivity contribution is -0.183. The highest BCUT2D eigenvalue weighted by molar-refractivity contribution is 5.66. The molecule has 6 aliphatic rings. The second-order valence-electron chi connectivity index (χ2n) is 16.6. The van der Waals surface area contributed by atoms with Gasteiger partial charge in [0.1, 0.15) is 12.2 Å². The number of ether oxygens (including phenoxy) is 3. The van der Waals surface area contributed by atoms with E-state index in [4.69, 9.17) is 14.2 Å². The standard InChI is InChI=1S/C34H54O5/c1-20(24-18-28(38-22(3)36)30(6,7)39-24)23-12-14-32(9)26-11-10-25-29(4,5)27(37-21(2)35)13-15-33(25)19-34(26,33)17-16-31(23,32)8/h20,23-28H,10-19H2,1-9H3/t20-,23+,24+,25-,26-,27-,28-,31+,32-,33+,34-/m0/s1. The number of hydrogen-bond acceptors (Lipinski definition) is 5. The Morgan fingerprint density at radius 3 is 2.03 bits per heavy atom. The van der Waals surface area contributed by atoms with Crippen LogP contribution in [-0.4, -0.2) is 35.9 Å². The average Bonchev–Trinajstić information content (AvgIpc) is 3.28. The number of esters is 2. The van der Waals surface area contributed by atoms with Crippen LogP contribution >= 0.6 is 0 Å². The maximum Gasteiger partial charge on any atom is 0.303 e. The number of carbonyl (C=O) groups excluding carboxylic acids is 2. The smallest absolute Gasteiger partial charge is 0.303 e. The summed E-state index contributed by atoms with van der Waals surface area (Å²) < 4.78 is 18.3. The molecule has 5 aliphatic carbocycles. The van der Waals surface area contributed by atoms with Gasteiger partial charge in [-0.2, -0.15) is 0 Å². The molecule has 5 saturated carbocycles. The van der Waals surface area contributed by atoms with Crippen LogP contribution in [-0.2, 0) is 23.8 Å². The van der Waals surface area contributed by atoms with Crippen LogP contribution < -0.4 is 0 Å². The minimum Gasteiger partial charge on any atom is -0.462 e. The zero-order valence-electron chi connectivity index (χ0n) is 26.2. The summed E-state index contributed by atoms with van der Waals surface area (Å²) in [5.74, 6) is 2.23. The van der Waals surface area contributed by atoms with Crippen LogP contribution in [0.15, 0.2) is 0 Å². The third-order valence-corrected chi connectivity index (χ3v) is 14.6. The van der Waals surface area contributed by atoms with E-state index >= 15 is 0 Å². The van der Waals surface area contributed by atoms with Gasteiger partial charge in [0, 0.05) is 25.7 Å². The van der Waals surface area contributed by atoms with E-state index in [0.29, 0.717) is 39.4 Å². The topological polar surface area (TPSA) is 61.8 Å². The molecule has 220 valence electrons. The zero-order valence-corrected chi connectivity index (χ0v) is 26.2. The monoisotopic (exact) mass is 542 g/mol. The highest BCUT2D eigenvalue weighted by Crippen LogP contribution is 2.89. The molecular formula is C34H54O5. The van der Waals surface area contributed by atoms with Gasteiger partial charge < -0.3 is 14.2 Å². The molecule has 0 aromatic rings. The van der Waals surface area contributed by atoms with Crippen LogP contribution in [0, 0.1) is 50.7 Å². The second kappa shape index (κ2) is 8.48. The summed E-state index contributed by atoms with van der Waals surface area (Å²) in [6.45, 7) is 19.8. The average molecular weight is 543 g/mol. The molecule has 5 heteroatoms. The van der Waals surface area contributed by atoms with Crippen LogP contribution in [0.3, 0.4) is 0 Å². The fourth-order valence-electron chi connectivity index (χ4n) is 12.6. The maximum absolute atomic E-state index is 11.9. The molecule has 2 spiro atoms. The molecule has 0 unspecified atom stereocenters. The fourth-order valence-corrected chi connectivity index (χ4v) is 12.6. The van der Waals surface area contributed by atoms with Gasteiger partial charge in [-0.3, -0.25) is 9.59 Å². The molecule has 1 saturated heterocycles. The molecule has 0 bridgehead atoms. The molecule has 0 aromatic heterocycles. The van der Waals surface area contributed by atoms with Gasteiger partial charge in [0.25, 0.3) is 0 Å². The van der Waals surface area contributed by atoms with Gasteiger partial charge in [-0.1, -0.05) is 34.6 Å². The first-order chi connectivity index (χ1) is 18.0. The van der Waals surface area contributed by atoms with Crippen molar-refractivity contribution in [2.75, 3.05) is 0 Å². The largest absolute Gasteiger partial charge is 0.462 e. The van der Waals surface area contributed by atoms with E-state index in [1.165, 1.54) is 58.3 Å². The van der Waals surface area contributed by atoms with E-state index in [2.05, 4.69) is 48.5 Å². The first kappa shape index (κ1) is 28.0. The molecule has 6 fully saturated rings. The van der Waals surface area contributed by atoms with E-state index in [-0.39, 0.29) is 35.7 Å². The minimum absolute atomic E-state index is 0.0534. The van der Waals surface area contributed by atoms with Crippen molar-refractivity contribution < 1.29 is 23.8 Å². The van der Waals surface area contributed by atoms with Crippen molar-refractivity contribution in [3.05, 3.63) is 0 Å². The quantitative estimate of drug-likeness (QED) is 0.344. The summed E-state index contributed by atoms with van der Waals surface area (Å²) in [7, 11) is 0. The Morgan fingerprint density at radius 2 is 1.36 bits per heavy atom. The van der Waals surface area contributed by atoms with E-state index in [1.807, 2.05) is 0 Å². The summed E-state index contributed by atoms with van der Waals surface area (Å²) >= 11 is 0. The Bertz CT molecular complexity index is 1050. The van der Waals surface area contributed by atoms with Crippen molar-refractivity contribution in [2.24, 2.45) is 50.7 Å². The molecule has 6 rings (SSSR count). The van der Waals surface area contributed by atoms with Crippen LogP contribution in [0.4, 0.5) is 0 Å². The van der Waals surface area contributed by atoms with E-state index in [9.17, 15) is 9.59 Å². The van der Waals surface area contributed by atoms with Crippen molar-refractivity contribution >= 4 is 11.9 Å². The van der Waals surface area contributed by atoms with Crippen molar-refractivity contribution in [1.82, 2.24) is 0 Å². The molecular weight excluding hydrogens is 488 g/mol. The van der Waals surface area contributed by atoms with E-state index in [0.717, 1.165) is 18.8 Å². The van der Waals surface area contributed by atoms with Gasteiger partial charge in [0.15, 0.2) is 0 Å². The lowest BCUT2D eigenvalue weighted by atomic mass is 9.41. The first-order valence-corrected chi connectivity index (χ1v) is 16.1. The van der Waals surface area contributed by atoms with Crippen molar-refractivity contribution in [3.63, 3.8) is 0 Å². The number of fused-ring (bicyclic) bond motifs is 2. The number of rotatable bonds is 4. The Morgan fingerprint density at radius 1 is 0.744 bits per heavy atom. The number of hydrogen-bond donors (Lipinski definition) is 0. The Kier molecular flexibility index (Phi) is 6.09. The van der Waals surface area contributed by atoms with Gasteiger partial charge >= 0.3 is 11.9 Å². The van der Waals surface area contributed by atoms with Crippen LogP contribution in [0.1, 0.15) is 127 Å². The Labute approximate surface area is 236 Å². The number of carbonyl (C=O) groups is 2. The minimum atomic E-state index is -0.430. The van der Waals surface area contributed by atoms with Gasteiger partial charge in [-0.15, -0.1) is 0 Å². The third-order valence-electron chi connectivity index (χ3n) is 14.6. The molecule has 0 radical (unpaired) electrons. The Balaban J connectivity index is 1.23. The molecule has 0 aromatic carbocycles. The molecule has 1 aliphatic heterocycles. The maximum atomic E-state index is 11.9. The predicted molar refractivity (Wildman–Crippen MR) is 151 cm³/mol. The summed E-state index contributed by atoms with van der Waals surface area (Å²) in [6, 6.07) is 0. The highest BCUT2D eigenvalue weighted by atomic mass is 16.6. The van der Waals surface area contributed by atoms with Crippen LogP contribution in [0.2, 0.25) is 0 Å². The summed E-state index contributed by atoms with van der Waals surface area (Å²) in [4.78, 5) is 23.7. The highest BCUT2D eigenvalue weighted by Gasteiger charge is 2.82. The fraction of sp³-hybridized carbons (Fsp3) is 0.941. The predicted octanol–water partition coefficient (Wildman–Crippen LogP) is 7.49. The van der Waals surface area contributed by atoms with Crippen molar-refractivity contribution in [1.29, 1.82) is 0 Å². The SMILES string of the molecule is CC(=O)O[C@H]1C[C@H]([C@@H](C)[C@H]2CC[C@@]3(C)[C@@H]4CC[C@H]5C(C)(C)[C@@H](OC(C)=O)CC[C@@]56C[C@@]46CC[C@]23C)OC1(C)C. The normalized spacial score (nSPS) is 51.5. The molecule has 11 atom stereocenters. The first-order valence-electron chi connectivity index (χ1n) is 16.1. The molecule has 39 heavy (non-hydrogen) atoms. The van der Waals surface area contributed by atoms with Gasteiger partial charge in [0.2, 0.25) is 0 Å². The summed E-state index contributed by atoms with van der Waals surface area (Å²) in [5.41, 5.74) is 1.25. The second-order valence-corrected chi connectivity index (χ2v) is 16.6. The zero-order chi connectivity index (χ0) is 28.4. The van der Waals surface area contributed by atoms with E-state index < -0.39 is 5.60 Å². The molecule has 5 nitrogen and oxygen atoms in total. The van der Waals surface area contributed by atoms with Gasteiger partial charge in [-0.25, -0.2) is 0 Å². The lowest BCUT2D eigenvalue weighted by Gasteiger charge is -2.63. The third kappa shape index (κ3) is 3.59. The van der Waals surface area contributed by atoms with Gasteiger partial charge in [-0.05, 0) is 117 Å². The van der Waals surface area contributed by atoms with Gasteiger partial charge in [0.05, 0.1) is 11.7 Å². The summed E-state index contributed by atoms with van der Waals surface area (Å²) in [5, 5.41) is 0. The lowest BCUT2D eigenvalue weighted by Crippen LogP contribution is -2.58. The van der Waals surface area contributed by atoms with Crippen molar-refractivity contribution in [2.45, 2.75) is 150 Å². The summed E-state index contributed by atoms with van der Waals surface area (Å²) in [6.07, 6.45) is 12.4. The van der Waals surface area contributed by atoms with E-state index in [1.54, 1.807) is 6.92 Å². The van der Waals surface area contributed by atoms with Crippen molar-refractivity contribution in [3.8, 4) is 0 Å². The van der Waals surface area contributed by atoms with Crippen LogP contribution in [0.5, 0.6) is 0 Å².